The van der Waals surface area contributed by atoms with Crippen molar-refractivity contribution in [3.63, 3.8) is 0 Å². The smallest absolute Gasteiger partial charge is 0.271 e. The van der Waals surface area contributed by atoms with Gasteiger partial charge in [-0.2, -0.15) is 0 Å². The number of carbonyl (C=O) groups is 1. The molecule has 3 aromatic rings. The molecule has 4 N–H and O–H groups in total. The summed E-state index contributed by atoms with van der Waals surface area (Å²) in [7, 11) is 0. The largest absolute Gasteiger partial charge is 0.382 e. The van der Waals surface area contributed by atoms with Crippen LogP contribution in [-0.2, 0) is 6.42 Å². The zero-order valence-electron chi connectivity index (χ0n) is 17.4. The highest BCUT2D eigenvalue weighted by Crippen LogP contribution is 2.19. The standard InChI is InChI=1S/C23H26N6O2/c1-2-17-13-25-14-21(28-17)16-11-20(23(31)26-12-16)29-22(30)15-3-5-18(6-4-15)27-19-7-9-24-10-8-19/h3-6,11-14,19,24,27H,2,7-10H2,1H3,(H,26,31)(H,29,30). The Balaban J connectivity index is 1.47. The number of aromatic amines is 1. The Morgan fingerprint density at radius 3 is 2.68 bits per heavy atom. The number of pyridine rings is 1. The average Bonchev–Trinajstić information content (AvgIpc) is 2.81. The molecule has 1 saturated heterocycles. The Kier molecular flexibility index (Phi) is 6.37. The van der Waals surface area contributed by atoms with Crippen molar-refractivity contribution in [2.75, 3.05) is 23.7 Å². The van der Waals surface area contributed by atoms with Gasteiger partial charge in [0.2, 0.25) is 0 Å². The van der Waals surface area contributed by atoms with Crippen molar-refractivity contribution in [1.29, 1.82) is 0 Å². The van der Waals surface area contributed by atoms with Gasteiger partial charge in [-0.05, 0) is 62.7 Å². The van der Waals surface area contributed by atoms with Crippen molar-refractivity contribution in [2.45, 2.75) is 32.2 Å². The zero-order chi connectivity index (χ0) is 21.6. The highest BCUT2D eigenvalue weighted by molar-refractivity contribution is 6.04. The van der Waals surface area contributed by atoms with Gasteiger partial charge in [0.25, 0.3) is 11.5 Å². The van der Waals surface area contributed by atoms with Crippen LogP contribution in [0, 0.1) is 0 Å². The van der Waals surface area contributed by atoms with Crippen molar-refractivity contribution >= 4 is 17.3 Å². The summed E-state index contributed by atoms with van der Waals surface area (Å²) in [6, 6.07) is 9.36. The van der Waals surface area contributed by atoms with Crippen LogP contribution >= 0.6 is 0 Å². The summed E-state index contributed by atoms with van der Waals surface area (Å²) < 4.78 is 0. The normalized spacial score (nSPS) is 14.2. The van der Waals surface area contributed by atoms with E-state index in [9.17, 15) is 9.59 Å². The molecule has 8 nitrogen and oxygen atoms in total. The van der Waals surface area contributed by atoms with Crippen LogP contribution in [0.3, 0.4) is 0 Å². The zero-order valence-corrected chi connectivity index (χ0v) is 17.4. The lowest BCUT2D eigenvalue weighted by atomic mass is 10.1. The minimum Gasteiger partial charge on any atom is -0.382 e. The fourth-order valence-electron chi connectivity index (χ4n) is 3.55. The van der Waals surface area contributed by atoms with Crippen molar-refractivity contribution in [3.05, 3.63) is 70.5 Å². The number of anilines is 2. The number of H-pyrrole nitrogens is 1. The van der Waals surface area contributed by atoms with Gasteiger partial charge in [0.1, 0.15) is 5.69 Å². The fraction of sp³-hybridized carbons (Fsp3) is 0.304. The highest BCUT2D eigenvalue weighted by atomic mass is 16.2. The lowest BCUT2D eigenvalue weighted by Crippen LogP contribution is -2.35. The first-order chi connectivity index (χ1) is 15.1. The Bertz CT molecular complexity index is 1100. The molecule has 0 unspecified atom stereocenters. The number of carbonyl (C=O) groups excluding carboxylic acids is 1. The molecule has 160 valence electrons. The number of benzene rings is 1. The van der Waals surface area contributed by atoms with Crippen LogP contribution < -0.4 is 21.5 Å². The number of piperidine rings is 1. The molecule has 0 aliphatic carbocycles. The van der Waals surface area contributed by atoms with Crippen LogP contribution in [0.25, 0.3) is 11.3 Å². The van der Waals surface area contributed by atoms with Crippen LogP contribution in [-0.4, -0.2) is 40.0 Å². The van der Waals surface area contributed by atoms with Crippen molar-refractivity contribution in [3.8, 4) is 11.3 Å². The lowest BCUT2D eigenvalue weighted by Gasteiger charge is -2.24. The first kappa shape index (κ1) is 20.7. The number of aromatic nitrogens is 3. The number of nitrogens with one attached hydrogen (secondary N) is 4. The summed E-state index contributed by atoms with van der Waals surface area (Å²) >= 11 is 0. The molecular formula is C23H26N6O2. The van der Waals surface area contributed by atoms with Gasteiger partial charge in [-0.3, -0.25) is 14.6 Å². The molecule has 0 bridgehead atoms. The maximum atomic E-state index is 12.7. The van der Waals surface area contributed by atoms with Gasteiger partial charge in [-0.15, -0.1) is 0 Å². The van der Waals surface area contributed by atoms with E-state index >= 15 is 0 Å². The molecule has 2 aromatic heterocycles. The second kappa shape index (κ2) is 9.53. The first-order valence-electron chi connectivity index (χ1n) is 10.5. The fourth-order valence-corrected chi connectivity index (χ4v) is 3.55. The second-order valence-corrected chi connectivity index (χ2v) is 7.58. The van der Waals surface area contributed by atoms with Gasteiger partial charge < -0.3 is 20.9 Å². The van der Waals surface area contributed by atoms with Gasteiger partial charge >= 0.3 is 0 Å². The molecular weight excluding hydrogens is 392 g/mol. The van der Waals surface area contributed by atoms with E-state index in [2.05, 4.69) is 30.9 Å². The van der Waals surface area contributed by atoms with Crippen LogP contribution in [0.5, 0.6) is 0 Å². The van der Waals surface area contributed by atoms with Gasteiger partial charge in [-0.25, -0.2) is 4.98 Å². The number of amides is 1. The van der Waals surface area contributed by atoms with Crippen molar-refractivity contribution in [1.82, 2.24) is 20.3 Å². The average molecular weight is 419 g/mol. The van der Waals surface area contributed by atoms with Crippen LogP contribution in [0.4, 0.5) is 11.4 Å². The summed E-state index contributed by atoms with van der Waals surface area (Å²) in [5.41, 5.74) is 3.43. The number of hydrogen-bond donors (Lipinski definition) is 4. The topological polar surface area (TPSA) is 112 Å². The van der Waals surface area contributed by atoms with Crippen LogP contribution in [0.1, 0.15) is 35.8 Å². The third-order valence-electron chi connectivity index (χ3n) is 5.35. The predicted molar refractivity (Wildman–Crippen MR) is 121 cm³/mol. The minimum atomic E-state index is -0.374. The molecule has 8 heteroatoms. The number of aryl methyl sites for hydroxylation is 1. The third kappa shape index (κ3) is 5.16. The minimum absolute atomic E-state index is 0.170. The quantitative estimate of drug-likeness (QED) is 0.490. The van der Waals surface area contributed by atoms with Crippen molar-refractivity contribution < 1.29 is 4.79 Å². The van der Waals surface area contributed by atoms with Gasteiger partial charge in [-0.1, -0.05) is 6.92 Å². The number of hydrogen-bond acceptors (Lipinski definition) is 6. The summed E-state index contributed by atoms with van der Waals surface area (Å²) in [5, 5.41) is 9.55. The maximum Gasteiger partial charge on any atom is 0.271 e. The molecule has 1 aliphatic heterocycles. The third-order valence-corrected chi connectivity index (χ3v) is 5.35. The Morgan fingerprint density at radius 1 is 1.16 bits per heavy atom. The Morgan fingerprint density at radius 2 is 1.94 bits per heavy atom. The molecule has 4 rings (SSSR count). The molecule has 3 heterocycles. The SMILES string of the molecule is CCc1cncc(-c2c[nH]c(=O)c(NC(=O)c3ccc(NC4CCNCC4)cc3)c2)n1. The van der Waals surface area contributed by atoms with Crippen molar-refractivity contribution in [2.24, 2.45) is 0 Å². The van der Waals surface area contributed by atoms with Gasteiger partial charge in [0.15, 0.2) is 0 Å². The Hall–Kier alpha value is -3.52. The molecule has 1 amide bonds. The van der Waals surface area contributed by atoms with Gasteiger partial charge in [0, 0.05) is 35.2 Å². The summed E-state index contributed by atoms with van der Waals surface area (Å²) in [4.78, 5) is 36.3. The molecule has 31 heavy (non-hydrogen) atoms. The summed E-state index contributed by atoms with van der Waals surface area (Å²) in [6.45, 7) is 4.03. The van der Waals surface area contributed by atoms with E-state index in [1.807, 2.05) is 19.1 Å². The molecule has 0 spiro atoms. The number of rotatable bonds is 6. The molecule has 0 saturated carbocycles. The molecule has 1 fully saturated rings. The van der Waals surface area contributed by atoms with E-state index < -0.39 is 0 Å². The van der Waals surface area contributed by atoms with E-state index in [4.69, 9.17) is 0 Å². The number of nitrogens with zero attached hydrogens (tertiary/aromatic N) is 2. The molecule has 1 aromatic carbocycles. The summed E-state index contributed by atoms with van der Waals surface area (Å²) in [6.07, 6.45) is 7.83. The van der Waals surface area contributed by atoms with Crippen LogP contribution in [0.15, 0.2) is 53.7 Å². The first-order valence-corrected chi connectivity index (χ1v) is 10.5. The van der Waals surface area contributed by atoms with E-state index in [0.29, 0.717) is 22.9 Å². The monoisotopic (exact) mass is 418 g/mol. The molecule has 0 atom stereocenters. The van der Waals surface area contributed by atoms with E-state index in [0.717, 1.165) is 43.7 Å². The maximum absolute atomic E-state index is 12.7. The van der Waals surface area contributed by atoms with E-state index in [1.54, 1.807) is 36.8 Å². The lowest BCUT2D eigenvalue weighted by molar-refractivity contribution is 0.102. The van der Waals surface area contributed by atoms with Gasteiger partial charge in [0.05, 0.1) is 17.6 Å². The molecule has 0 radical (unpaired) electrons. The highest BCUT2D eigenvalue weighted by Gasteiger charge is 2.14. The predicted octanol–water partition coefficient (Wildman–Crippen LogP) is 2.81. The summed E-state index contributed by atoms with van der Waals surface area (Å²) in [5.74, 6) is -0.343. The van der Waals surface area contributed by atoms with Crippen LogP contribution in [0.2, 0.25) is 0 Å². The second-order valence-electron chi connectivity index (χ2n) is 7.58. The Labute approximate surface area is 180 Å². The van der Waals surface area contributed by atoms with E-state index in [-0.39, 0.29) is 17.2 Å². The van der Waals surface area contributed by atoms with E-state index in [1.165, 1.54) is 0 Å². The molecule has 1 aliphatic rings.